The maximum atomic E-state index is 10.5. The third kappa shape index (κ3) is 9.05. The SMILES string of the molecule is CC(=N)C(C)(C)NCC(C)(CNC(C)(C)C)CNC(C)(C)C(C)NN=O. The number of nitrogens with one attached hydrogen (secondary N) is 5. The maximum Gasteiger partial charge on any atom is 0.0620 e. The third-order valence-corrected chi connectivity index (χ3v) is 5.24. The van der Waals surface area contributed by atoms with Gasteiger partial charge in [0.15, 0.2) is 0 Å². The van der Waals surface area contributed by atoms with Crippen molar-refractivity contribution in [3.8, 4) is 0 Å². The van der Waals surface area contributed by atoms with E-state index in [2.05, 4.69) is 68.2 Å². The van der Waals surface area contributed by atoms with Crippen molar-refractivity contribution in [2.75, 3.05) is 19.6 Å². The van der Waals surface area contributed by atoms with E-state index in [1.807, 2.05) is 27.7 Å². The first-order chi connectivity index (χ1) is 11.5. The van der Waals surface area contributed by atoms with Gasteiger partial charge < -0.3 is 21.4 Å². The van der Waals surface area contributed by atoms with E-state index in [1.165, 1.54) is 0 Å². The van der Waals surface area contributed by atoms with Gasteiger partial charge in [-0.05, 0) is 62.3 Å². The van der Waals surface area contributed by atoms with Crippen molar-refractivity contribution in [1.82, 2.24) is 21.4 Å². The Kier molecular flexibility index (Phi) is 8.87. The molecule has 26 heavy (non-hydrogen) atoms. The van der Waals surface area contributed by atoms with Gasteiger partial charge in [-0.1, -0.05) is 6.92 Å². The maximum absolute atomic E-state index is 10.5. The second-order valence-corrected chi connectivity index (χ2v) is 10.0. The number of nitrogens with zero attached hydrogens (tertiary/aromatic N) is 1. The lowest BCUT2D eigenvalue weighted by Gasteiger charge is -2.41. The standard InChI is InChI=1S/C19H42N6O/c1-14(20)17(6,7)22-12-19(10,11-21-16(3,4)5)13-23-18(8,9)15(2)24-25-26/h15,20-23H,11-13H2,1-10H3,(H,24,26). The molecule has 2 unspecified atom stereocenters. The summed E-state index contributed by atoms with van der Waals surface area (Å²) in [7, 11) is 0. The molecule has 0 aromatic rings. The Bertz CT molecular complexity index is 469. The molecule has 0 aromatic carbocycles. The zero-order chi connectivity index (χ0) is 20.8. The fourth-order valence-electron chi connectivity index (χ4n) is 2.07. The third-order valence-electron chi connectivity index (χ3n) is 5.24. The summed E-state index contributed by atoms with van der Waals surface area (Å²) in [6.07, 6.45) is 0. The van der Waals surface area contributed by atoms with E-state index >= 15 is 0 Å². The summed E-state index contributed by atoms with van der Waals surface area (Å²) in [6.45, 7) is 23.0. The Morgan fingerprint density at radius 1 is 0.923 bits per heavy atom. The predicted molar refractivity (Wildman–Crippen MR) is 112 cm³/mol. The van der Waals surface area contributed by atoms with E-state index in [1.54, 1.807) is 0 Å². The molecule has 0 radical (unpaired) electrons. The van der Waals surface area contributed by atoms with Crippen LogP contribution in [0.5, 0.6) is 0 Å². The van der Waals surface area contributed by atoms with Gasteiger partial charge in [-0.3, -0.25) is 5.43 Å². The van der Waals surface area contributed by atoms with E-state index in [9.17, 15) is 4.91 Å². The van der Waals surface area contributed by atoms with Crippen molar-refractivity contribution in [3.05, 3.63) is 4.91 Å². The Morgan fingerprint density at radius 3 is 1.81 bits per heavy atom. The first kappa shape index (κ1) is 24.9. The molecule has 0 aliphatic rings. The molecule has 0 aliphatic carbocycles. The zero-order valence-corrected chi connectivity index (χ0v) is 18.6. The van der Waals surface area contributed by atoms with E-state index in [0.717, 1.165) is 19.6 Å². The van der Waals surface area contributed by atoms with Crippen LogP contribution in [0.15, 0.2) is 5.29 Å². The number of nitroso groups, excluding NO2 is 1. The first-order valence-corrected chi connectivity index (χ1v) is 9.43. The Morgan fingerprint density at radius 2 is 1.38 bits per heavy atom. The quantitative estimate of drug-likeness (QED) is 0.207. The van der Waals surface area contributed by atoms with Crippen LogP contribution in [0, 0.1) is 15.7 Å². The molecule has 154 valence electrons. The lowest BCUT2D eigenvalue weighted by Crippen LogP contribution is -2.60. The molecule has 0 heterocycles. The molecule has 0 aromatic heterocycles. The molecule has 2 atom stereocenters. The van der Waals surface area contributed by atoms with Gasteiger partial charge in [0.2, 0.25) is 0 Å². The van der Waals surface area contributed by atoms with Gasteiger partial charge in [0.05, 0.1) is 11.6 Å². The van der Waals surface area contributed by atoms with Crippen LogP contribution in [-0.2, 0) is 0 Å². The lowest BCUT2D eigenvalue weighted by atomic mass is 9.85. The predicted octanol–water partition coefficient (Wildman–Crippen LogP) is 2.82. The van der Waals surface area contributed by atoms with Crippen molar-refractivity contribution in [1.29, 1.82) is 5.41 Å². The summed E-state index contributed by atoms with van der Waals surface area (Å²) < 4.78 is 0. The van der Waals surface area contributed by atoms with Crippen molar-refractivity contribution < 1.29 is 0 Å². The summed E-state index contributed by atoms with van der Waals surface area (Å²) in [5.41, 5.74) is 2.54. The Hall–Kier alpha value is -1.05. The minimum absolute atomic E-state index is 0.0278. The monoisotopic (exact) mass is 370 g/mol. The zero-order valence-electron chi connectivity index (χ0n) is 18.6. The first-order valence-electron chi connectivity index (χ1n) is 9.43. The van der Waals surface area contributed by atoms with Crippen LogP contribution in [0.25, 0.3) is 0 Å². The molecular weight excluding hydrogens is 328 g/mol. The van der Waals surface area contributed by atoms with Gasteiger partial charge >= 0.3 is 0 Å². The second kappa shape index (κ2) is 9.24. The molecule has 0 saturated carbocycles. The summed E-state index contributed by atoms with van der Waals surface area (Å²) in [5, 5.41) is 21.5. The number of hydrogen-bond acceptors (Lipinski definition) is 6. The highest BCUT2D eigenvalue weighted by Gasteiger charge is 2.33. The van der Waals surface area contributed by atoms with Crippen LogP contribution < -0.4 is 21.4 Å². The number of rotatable bonds is 12. The molecule has 0 amide bonds. The van der Waals surface area contributed by atoms with Crippen LogP contribution in [0.2, 0.25) is 0 Å². The van der Waals surface area contributed by atoms with Crippen LogP contribution >= 0.6 is 0 Å². The molecule has 0 saturated heterocycles. The van der Waals surface area contributed by atoms with E-state index in [4.69, 9.17) is 5.41 Å². The van der Waals surface area contributed by atoms with E-state index in [0.29, 0.717) is 5.71 Å². The van der Waals surface area contributed by atoms with Gasteiger partial charge in [-0.2, -0.15) is 0 Å². The average molecular weight is 371 g/mol. The molecular formula is C19H42N6O. The van der Waals surface area contributed by atoms with Gasteiger partial charge in [0.25, 0.3) is 0 Å². The highest BCUT2D eigenvalue weighted by molar-refractivity contribution is 5.87. The highest BCUT2D eigenvalue weighted by Crippen LogP contribution is 2.20. The summed E-state index contributed by atoms with van der Waals surface area (Å²) in [6, 6.07) is -0.0898. The molecule has 0 aliphatic heterocycles. The largest absolute Gasteiger partial charge is 0.311 e. The van der Waals surface area contributed by atoms with E-state index in [-0.39, 0.29) is 28.1 Å². The van der Waals surface area contributed by atoms with Gasteiger partial charge in [0, 0.05) is 47.1 Å². The molecule has 5 N–H and O–H groups in total. The van der Waals surface area contributed by atoms with Gasteiger partial charge in [-0.25, -0.2) is 0 Å². The Labute approximate surface area is 160 Å². The van der Waals surface area contributed by atoms with Crippen LogP contribution in [0.3, 0.4) is 0 Å². The highest BCUT2D eigenvalue weighted by atomic mass is 16.3. The van der Waals surface area contributed by atoms with Crippen LogP contribution in [-0.4, -0.2) is 48.0 Å². The second-order valence-electron chi connectivity index (χ2n) is 10.0. The molecule has 0 fully saturated rings. The van der Waals surface area contributed by atoms with Crippen molar-refractivity contribution >= 4 is 5.71 Å². The normalized spacial score (nSPS) is 16.7. The minimum Gasteiger partial charge on any atom is -0.311 e. The van der Waals surface area contributed by atoms with Crippen LogP contribution in [0.4, 0.5) is 0 Å². The average Bonchev–Trinajstić information content (AvgIpc) is 2.49. The summed E-state index contributed by atoms with van der Waals surface area (Å²) >= 11 is 0. The molecule has 0 bridgehead atoms. The van der Waals surface area contributed by atoms with Crippen molar-refractivity contribution in [2.45, 2.75) is 91.9 Å². The Balaban J connectivity index is 5.14. The summed E-state index contributed by atoms with van der Waals surface area (Å²) in [5.74, 6) is 0. The number of hydrogen-bond donors (Lipinski definition) is 5. The minimum atomic E-state index is -0.338. The molecule has 7 heteroatoms. The fourth-order valence-corrected chi connectivity index (χ4v) is 2.07. The fraction of sp³-hybridized carbons (Fsp3) is 0.947. The summed E-state index contributed by atoms with van der Waals surface area (Å²) in [4.78, 5) is 10.5. The van der Waals surface area contributed by atoms with Gasteiger partial charge in [-0.15, -0.1) is 4.91 Å². The molecule has 7 nitrogen and oxygen atoms in total. The van der Waals surface area contributed by atoms with Gasteiger partial charge in [0.1, 0.15) is 0 Å². The van der Waals surface area contributed by atoms with Crippen molar-refractivity contribution in [3.63, 3.8) is 0 Å². The van der Waals surface area contributed by atoms with E-state index < -0.39 is 0 Å². The molecule has 0 rings (SSSR count). The lowest BCUT2D eigenvalue weighted by molar-refractivity contribution is 0.194. The molecule has 0 spiro atoms. The van der Waals surface area contributed by atoms with Crippen LogP contribution in [0.1, 0.15) is 69.2 Å². The smallest absolute Gasteiger partial charge is 0.0620 e. The topological polar surface area (TPSA) is 101 Å². The van der Waals surface area contributed by atoms with Crippen molar-refractivity contribution in [2.24, 2.45) is 10.7 Å².